The number of hydrogen-bond acceptors (Lipinski definition) is 2. The number of rotatable bonds is 5. The monoisotopic (exact) mass is 251 g/mol. The topological polar surface area (TPSA) is 30.7 Å². The minimum absolute atomic E-state index is 0.0657. The molecule has 0 fully saturated rings. The Morgan fingerprint density at radius 2 is 2.24 bits per heavy atom. The average molecular weight is 252 g/mol. The molecule has 0 saturated heterocycles. The van der Waals surface area contributed by atoms with Crippen LogP contribution in [0.3, 0.4) is 0 Å². The Hall–Kier alpha value is -1.09. The summed E-state index contributed by atoms with van der Waals surface area (Å²) in [7, 11) is 0. The highest BCUT2D eigenvalue weighted by molar-refractivity contribution is 6.20. The quantitative estimate of drug-likeness (QED) is 0.596. The zero-order valence-electron chi connectivity index (χ0n) is 10.4. The first-order valence-corrected chi connectivity index (χ1v) is 6.62. The number of aromatic nitrogens is 3. The maximum atomic E-state index is 6.19. The lowest BCUT2D eigenvalue weighted by molar-refractivity contribution is 0.591. The zero-order valence-corrected chi connectivity index (χ0v) is 11.1. The molecule has 0 aliphatic rings. The van der Waals surface area contributed by atoms with Gasteiger partial charge in [-0.05, 0) is 19.4 Å². The molecule has 2 heterocycles. The largest absolute Gasteiger partial charge is 0.327 e. The Kier molecular flexibility index (Phi) is 4.00. The van der Waals surface area contributed by atoms with Crippen molar-refractivity contribution in [1.29, 1.82) is 0 Å². The molecular weight excluding hydrogens is 234 g/mol. The van der Waals surface area contributed by atoms with Gasteiger partial charge in [-0.25, -0.2) is 4.98 Å². The third kappa shape index (κ3) is 2.60. The van der Waals surface area contributed by atoms with Crippen LogP contribution < -0.4 is 0 Å². The minimum atomic E-state index is -0.0657. The third-order valence-electron chi connectivity index (χ3n) is 2.92. The fourth-order valence-corrected chi connectivity index (χ4v) is 2.23. The summed E-state index contributed by atoms with van der Waals surface area (Å²) in [5.41, 5.74) is 2.07. The van der Waals surface area contributed by atoms with E-state index in [9.17, 15) is 0 Å². The van der Waals surface area contributed by atoms with Gasteiger partial charge in [0.1, 0.15) is 11.3 Å². The van der Waals surface area contributed by atoms with Gasteiger partial charge in [-0.1, -0.05) is 19.8 Å². The maximum absolute atomic E-state index is 6.19. The van der Waals surface area contributed by atoms with Crippen LogP contribution in [0.4, 0.5) is 0 Å². The summed E-state index contributed by atoms with van der Waals surface area (Å²) in [4.78, 5) is 8.66. The van der Waals surface area contributed by atoms with Crippen LogP contribution in [0.5, 0.6) is 0 Å². The highest BCUT2D eigenvalue weighted by atomic mass is 35.5. The van der Waals surface area contributed by atoms with E-state index in [0.717, 1.165) is 23.4 Å². The zero-order chi connectivity index (χ0) is 12.3. The van der Waals surface area contributed by atoms with Gasteiger partial charge in [0.15, 0.2) is 0 Å². The van der Waals surface area contributed by atoms with Gasteiger partial charge in [0.2, 0.25) is 0 Å². The summed E-state index contributed by atoms with van der Waals surface area (Å²) in [5, 5.41) is -0.0657. The maximum Gasteiger partial charge on any atom is 0.127 e. The molecule has 17 heavy (non-hydrogen) atoms. The Bertz CT molecular complexity index is 490. The molecule has 0 aliphatic heterocycles. The number of aryl methyl sites for hydroxylation is 1. The summed E-state index contributed by atoms with van der Waals surface area (Å²) < 4.78 is 2.23. The van der Waals surface area contributed by atoms with Crippen LogP contribution in [-0.4, -0.2) is 14.5 Å². The number of nitrogens with zero attached hydrogens (tertiary/aromatic N) is 3. The van der Waals surface area contributed by atoms with Gasteiger partial charge in [-0.3, -0.25) is 4.98 Å². The smallest absolute Gasteiger partial charge is 0.127 e. The Morgan fingerprint density at radius 3 is 2.94 bits per heavy atom. The van der Waals surface area contributed by atoms with E-state index >= 15 is 0 Å². The van der Waals surface area contributed by atoms with E-state index in [1.165, 1.54) is 19.3 Å². The van der Waals surface area contributed by atoms with Crippen LogP contribution in [0.2, 0.25) is 0 Å². The van der Waals surface area contributed by atoms with Crippen molar-refractivity contribution in [3.05, 3.63) is 24.3 Å². The minimum Gasteiger partial charge on any atom is -0.327 e. The Balaban J connectivity index is 2.37. The molecule has 0 amide bonds. The summed E-state index contributed by atoms with van der Waals surface area (Å²) in [6, 6.07) is 2.01. The SMILES string of the molecule is CCCCCn1c(C(C)Cl)nc2cnccc21. The van der Waals surface area contributed by atoms with Crippen LogP contribution in [-0.2, 0) is 6.54 Å². The summed E-state index contributed by atoms with van der Waals surface area (Å²) in [6.45, 7) is 5.16. The molecular formula is C13H18ClN3. The van der Waals surface area contributed by atoms with Crippen molar-refractivity contribution in [2.45, 2.75) is 45.0 Å². The molecule has 0 aliphatic carbocycles. The summed E-state index contributed by atoms with van der Waals surface area (Å²) in [6.07, 6.45) is 7.24. The lowest BCUT2D eigenvalue weighted by Crippen LogP contribution is -2.04. The van der Waals surface area contributed by atoms with Crippen LogP contribution >= 0.6 is 11.6 Å². The van der Waals surface area contributed by atoms with Crippen molar-refractivity contribution in [3.63, 3.8) is 0 Å². The van der Waals surface area contributed by atoms with Crippen LogP contribution in [0, 0.1) is 0 Å². The predicted octanol–water partition coefficient (Wildman–Crippen LogP) is 3.92. The molecule has 1 unspecified atom stereocenters. The molecule has 0 aromatic carbocycles. The standard InChI is InChI=1S/C13H18ClN3/c1-3-4-5-8-17-12-6-7-15-9-11(12)16-13(17)10(2)14/h6-7,9-10H,3-5,8H2,1-2H3. The number of unbranched alkanes of at least 4 members (excludes halogenated alkanes) is 2. The molecule has 2 rings (SSSR count). The van der Waals surface area contributed by atoms with E-state index in [0.29, 0.717) is 0 Å². The van der Waals surface area contributed by atoms with Crippen molar-refractivity contribution >= 4 is 22.6 Å². The summed E-state index contributed by atoms with van der Waals surface area (Å²) >= 11 is 6.19. The van der Waals surface area contributed by atoms with Gasteiger partial charge < -0.3 is 4.57 Å². The lowest BCUT2D eigenvalue weighted by Gasteiger charge is -2.09. The van der Waals surface area contributed by atoms with Crippen molar-refractivity contribution in [2.24, 2.45) is 0 Å². The highest BCUT2D eigenvalue weighted by Gasteiger charge is 2.14. The van der Waals surface area contributed by atoms with E-state index < -0.39 is 0 Å². The first-order valence-electron chi connectivity index (χ1n) is 6.18. The van der Waals surface area contributed by atoms with Gasteiger partial charge in [0.25, 0.3) is 0 Å². The average Bonchev–Trinajstić information content (AvgIpc) is 2.69. The molecule has 2 aromatic rings. The molecule has 92 valence electrons. The van der Waals surface area contributed by atoms with Gasteiger partial charge in [0.05, 0.1) is 17.1 Å². The van der Waals surface area contributed by atoms with Crippen LogP contribution in [0.15, 0.2) is 18.5 Å². The molecule has 0 saturated carbocycles. The molecule has 2 aromatic heterocycles. The molecule has 0 radical (unpaired) electrons. The van der Waals surface area contributed by atoms with E-state index in [1.54, 1.807) is 6.20 Å². The Labute approximate surface area is 107 Å². The second kappa shape index (κ2) is 5.50. The van der Waals surface area contributed by atoms with Crippen molar-refractivity contribution in [2.75, 3.05) is 0 Å². The molecule has 0 N–H and O–H groups in total. The number of halogens is 1. The lowest BCUT2D eigenvalue weighted by atomic mass is 10.2. The Morgan fingerprint density at radius 1 is 1.41 bits per heavy atom. The fourth-order valence-electron chi connectivity index (χ4n) is 2.06. The molecule has 4 heteroatoms. The summed E-state index contributed by atoms with van der Waals surface area (Å²) in [5.74, 6) is 0.950. The van der Waals surface area contributed by atoms with Gasteiger partial charge in [0, 0.05) is 12.7 Å². The number of pyridine rings is 1. The molecule has 0 bridgehead atoms. The van der Waals surface area contributed by atoms with E-state index in [4.69, 9.17) is 11.6 Å². The first-order chi connectivity index (χ1) is 8.24. The molecule has 0 spiro atoms. The third-order valence-corrected chi connectivity index (χ3v) is 3.12. The van der Waals surface area contributed by atoms with Gasteiger partial charge >= 0.3 is 0 Å². The van der Waals surface area contributed by atoms with Crippen LogP contribution in [0.1, 0.15) is 44.3 Å². The second-order valence-electron chi connectivity index (χ2n) is 4.31. The predicted molar refractivity (Wildman–Crippen MR) is 71.3 cm³/mol. The second-order valence-corrected chi connectivity index (χ2v) is 4.96. The number of hydrogen-bond donors (Lipinski definition) is 0. The normalized spacial score (nSPS) is 13.1. The number of fused-ring (bicyclic) bond motifs is 1. The van der Waals surface area contributed by atoms with E-state index in [2.05, 4.69) is 21.5 Å². The van der Waals surface area contributed by atoms with Crippen molar-refractivity contribution in [1.82, 2.24) is 14.5 Å². The van der Waals surface area contributed by atoms with Crippen molar-refractivity contribution in [3.8, 4) is 0 Å². The first kappa shape index (κ1) is 12.4. The van der Waals surface area contributed by atoms with Crippen LogP contribution in [0.25, 0.3) is 11.0 Å². The fraction of sp³-hybridized carbons (Fsp3) is 0.538. The molecule has 3 nitrogen and oxygen atoms in total. The van der Waals surface area contributed by atoms with Gasteiger partial charge in [-0.2, -0.15) is 0 Å². The molecule has 1 atom stereocenters. The van der Waals surface area contributed by atoms with Crippen molar-refractivity contribution < 1.29 is 0 Å². The van der Waals surface area contributed by atoms with E-state index in [-0.39, 0.29) is 5.38 Å². The van der Waals surface area contributed by atoms with E-state index in [1.807, 2.05) is 19.2 Å². The number of imidazole rings is 1. The number of alkyl halides is 1. The highest BCUT2D eigenvalue weighted by Crippen LogP contribution is 2.24. The van der Waals surface area contributed by atoms with Gasteiger partial charge in [-0.15, -0.1) is 11.6 Å².